The Morgan fingerprint density at radius 3 is 2.70 bits per heavy atom. The van der Waals surface area contributed by atoms with Crippen LogP contribution in [0.15, 0.2) is 47.3 Å². The third-order valence-corrected chi connectivity index (χ3v) is 4.79. The first-order valence-corrected chi connectivity index (χ1v) is 9.42. The number of nitrogens with one attached hydrogen (secondary N) is 1. The quantitative estimate of drug-likeness (QED) is 0.677. The normalized spacial score (nSPS) is 10.6. The van der Waals surface area contributed by atoms with Crippen LogP contribution in [0.5, 0.6) is 5.75 Å². The number of ether oxygens (including phenoxy) is 1. The van der Waals surface area contributed by atoms with Gasteiger partial charge in [0, 0.05) is 10.9 Å². The van der Waals surface area contributed by atoms with Crippen molar-refractivity contribution in [3.05, 3.63) is 69.1 Å². The van der Waals surface area contributed by atoms with E-state index < -0.39 is 5.91 Å². The van der Waals surface area contributed by atoms with E-state index in [9.17, 15) is 9.59 Å². The molecule has 27 heavy (non-hydrogen) atoms. The number of rotatable bonds is 7. The molecule has 2 aromatic heterocycles. The first-order valence-electron chi connectivity index (χ1n) is 8.60. The second-order valence-corrected chi connectivity index (χ2v) is 6.97. The van der Waals surface area contributed by atoms with Gasteiger partial charge in [0.15, 0.2) is 5.13 Å². The molecule has 3 aromatic rings. The van der Waals surface area contributed by atoms with Crippen molar-refractivity contribution in [2.75, 3.05) is 11.9 Å². The van der Waals surface area contributed by atoms with Crippen LogP contribution in [-0.4, -0.2) is 27.3 Å². The standard InChI is InChI=1S/C19H20N4O3S/c1-3-15-13(2)27-19(20-15)21-18(25)16-9-10-17(24)23(22-16)11-12-26-14-7-5-4-6-8-14/h4-10H,3,11-12H2,1-2H3,(H,20,21,25). The summed E-state index contributed by atoms with van der Waals surface area (Å²) in [4.78, 5) is 29.9. The summed E-state index contributed by atoms with van der Waals surface area (Å²) in [6, 6.07) is 12.0. The fourth-order valence-corrected chi connectivity index (χ4v) is 3.36. The molecular formula is C19H20N4O3S. The minimum absolute atomic E-state index is 0.153. The molecule has 1 amide bonds. The van der Waals surface area contributed by atoms with Crippen molar-refractivity contribution in [1.29, 1.82) is 0 Å². The smallest absolute Gasteiger partial charge is 0.277 e. The van der Waals surface area contributed by atoms with E-state index >= 15 is 0 Å². The molecule has 0 fully saturated rings. The molecule has 8 heteroatoms. The Morgan fingerprint density at radius 2 is 2.00 bits per heavy atom. The van der Waals surface area contributed by atoms with E-state index in [-0.39, 0.29) is 24.4 Å². The van der Waals surface area contributed by atoms with Crippen molar-refractivity contribution in [3.63, 3.8) is 0 Å². The number of hydrogen-bond donors (Lipinski definition) is 1. The average molecular weight is 384 g/mol. The molecule has 0 saturated carbocycles. The predicted molar refractivity (Wildman–Crippen MR) is 105 cm³/mol. The second kappa shape index (κ2) is 8.59. The Hall–Kier alpha value is -3.00. The summed E-state index contributed by atoms with van der Waals surface area (Å²) in [5, 5.41) is 7.41. The number of anilines is 1. The van der Waals surface area contributed by atoms with E-state index in [1.54, 1.807) is 0 Å². The minimum atomic E-state index is -0.399. The first-order chi connectivity index (χ1) is 13.1. The number of carbonyl (C=O) groups is 1. The SMILES string of the molecule is CCc1nc(NC(=O)c2ccc(=O)n(CCOc3ccccc3)n2)sc1C. The number of carbonyl (C=O) groups excluding carboxylic acids is 1. The van der Waals surface area contributed by atoms with E-state index in [2.05, 4.69) is 15.4 Å². The second-order valence-electron chi connectivity index (χ2n) is 5.77. The van der Waals surface area contributed by atoms with Crippen LogP contribution in [0.4, 0.5) is 5.13 Å². The fourth-order valence-electron chi connectivity index (χ4n) is 2.47. The van der Waals surface area contributed by atoms with Crippen molar-refractivity contribution >= 4 is 22.4 Å². The Kier molecular flexibility index (Phi) is 5.97. The molecule has 0 aliphatic heterocycles. The van der Waals surface area contributed by atoms with Crippen LogP contribution >= 0.6 is 11.3 Å². The maximum Gasteiger partial charge on any atom is 0.277 e. The maximum absolute atomic E-state index is 12.4. The average Bonchev–Trinajstić information content (AvgIpc) is 3.03. The Labute approximate surface area is 160 Å². The number of aromatic nitrogens is 3. The van der Waals surface area contributed by atoms with Crippen LogP contribution in [0.2, 0.25) is 0 Å². The zero-order valence-electron chi connectivity index (χ0n) is 15.1. The third kappa shape index (κ3) is 4.79. The third-order valence-electron chi connectivity index (χ3n) is 3.86. The van der Waals surface area contributed by atoms with Crippen LogP contribution in [0.3, 0.4) is 0 Å². The van der Waals surface area contributed by atoms with Gasteiger partial charge in [-0.2, -0.15) is 5.10 Å². The summed E-state index contributed by atoms with van der Waals surface area (Å²) < 4.78 is 6.81. The number of hydrogen-bond acceptors (Lipinski definition) is 6. The summed E-state index contributed by atoms with van der Waals surface area (Å²) in [6.07, 6.45) is 0.808. The van der Waals surface area contributed by atoms with Crippen molar-refractivity contribution < 1.29 is 9.53 Å². The molecule has 3 rings (SSSR count). The largest absolute Gasteiger partial charge is 0.492 e. The predicted octanol–water partition coefficient (Wildman–Crippen LogP) is 2.90. The van der Waals surface area contributed by atoms with E-state index in [1.165, 1.54) is 28.2 Å². The summed E-state index contributed by atoms with van der Waals surface area (Å²) in [7, 11) is 0. The van der Waals surface area contributed by atoms with Gasteiger partial charge in [-0.15, -0.1) is 11.3 Å². The van der Waals surface area contributed by atoms with Crippen LogP contribution in [0.25, 0.3) is 0 Å². The van der Waals surface area contributed by atoms with E-state index in [0.717, 1.165) is 17.0 Å². The van der Waals surface area contributed by atoms with Crippen molar-refractivity contribution in [1.82, 2.24) is 14.8 Å². The number of amides is 1. The van der Waals surface area contributed by atoms with E-state index in [4.69, 9.17) is 4.74 Å². The van der Waals surface area contributed by atoms with Gasteiger partial charge >= 0.3 is 0 Å². The molecule has 140 valence electrons. The van der Waals surface area contributed by atoms with Gasteiger partial charge in [-0.25, -0.2) is 9.67 Å². The van der Waals surface area contributed by atoms with Crippen molar-refractivity contribution in [2.24, 2.45) is 0 Å². The van der Waals surface area contributed by atoms with E-state index in [1.807, 2.05) is 44.2 Å². The van der Waals surface area contributed by atoms with Gasteiger partial charge in [0.05, 0.1) is 12.2 Å². The van der Waals surface area contributed by atoms with Gasteiger partial charge in [0.25, 0.3) is 11.5 Å². The van der Waals surface area contributed by atoms with Gasteiger partial charge in [-0.3, -0.25) is 14.9 Å². The summed E-state index contributed by atoms with van der Waals surface area (Å²) in [6.45, 7) is 4.50. The highest BCUT2D eigenvalue weighted by atomic mass is 32.1. The molecule has 0 unspecified atom stereocenters. The lowest BCUT2D eigenvalue weighted by atomic mass is 10.3. The molecule has 0 radical (unpaired) electrons. The lowest BCUT2D eigenvalue weighted by Gasteiger charge is -2.08. The molecule has 0 bridgehead atoms. The van der Waals surface area contributed by atoms with Gasteiger partial charge < -0.3 is 4.74 Å². The molecule has 2 heterocycles. The van der Waals surface area contributed by atoms with Crippen molar-refractivity contribution in [3.8, 4) is 5.75 Å². The molecule has 1 N–H and O–H groups in total. The Balaban J connectivity index is 1.66. The number of aryl methyl sites for hydroxylation is 2. The van der Waals surface area contributed by atoms with Gasteiger partial charge in [0.2, 0.25) is 0 Å². The zero-order valence-corrected chi connectivity index (χ0v) is 16.0. The highest BCUT2D eigenvalue weighted by Crippen LogP contribution is 2.22. The number of para-hydroxylation sites is 1. The summed E-state index contributed by atoms with van der Waals surface area (Å²) in [5.74, 6) is 0.314. The lowest BCUT2D eigenvalue weighted by molar-refractivity contribution is 0.101. The molecule has 0 atom stereocenters. The number of thiazole rings is 1. The van der Waals surface area contributed by atoms with Crippen LogP contribution in [0, 0.1) is 6.92 Å². The maximum atomic E-state index is 12.4. The molecule has 0 aliphatic carbocycles. The highest BCUT2D eigenvalue weighted by molar-refractivity contribution is 7.15. The summed E-state index contributed by atoms with van der Waals surface area (Å²) >= 11 is 1.42. The Bertz CT molecular complexity index is 982. The van der Waals surface area contributed by atoms with Crippen LogP contribution in [0.1, 0.15) is 28.0 Å². The monoisotopic (exact) mass is 384 g/mol. The first kappa shape index (κ1) is 18.8. The molecule has 7 nitrogen and oxygen atoms in total. The molecule has 0 aliphatic rings. The molecule has 1 aromatic carbocycles. The fraction of sp³-hybridized carbons (Fsp3) is 0.263. The van der Waals surface area contributed by atoms with Gasteiger partial charge in [0.1, 0.15) is 18.1 Å². The van der Waals surface area contributed by atoms with Crippen LogP contribution in [-0.2, 0) is 13.0 Å². The Morgan fingerprint density at radius 1 is 1.22 bits per heavy atom. The molecular weight excluding hydrogens is 364 g/mol. The zero-order chi connectivity index (χ0) is 19.2. The van der Waals surface area contributed by atoms with E-state index in [0.29, 0.717) is 10.9 Å². The number of benzene rings is 1. The molecule has 0 saturated heterocycles. The topological polar surface area (TPSA) is 86.1 Å². The van der Waals surface area contributed by atoms with Crippen molar-refractivity contribution in [2.45, 2.75) is 26.8 Å². The van der Waals surface area contributed by atoms with Gasteiger partial charge in [-0.05, 0) is 31.5 Å². The number of nitrogens with zero attached hydrogens (tertiary/aromatic N) is 3. The summed E-state index contributed by atoms with van der Waals surface area (Å²) in [5.41, 5.74) is 0.827. The molecule has 0 spiro atoms. The lowest BCUT2D eigenvalue weighted by Crippen LogP contribution is -2.28. The van der Waals surface area contributed by atoms with Crippen LogP contribution < -0.4 is 15.6 Å². The minimum Gasteiger partial charge on any atom is -0.492 e. The van der Waals surface area contributed by atoms with Gasteiger partial charge in [-0.1, -0.05) is 25.1 Å². The highest BCUT2D eigenvalue weighted by Gasteiger charge is 2.13.